The molecule has 0 saturated carbocycles. The Morgan fingerprint density at radius 3 is 2.28 bits per heavy atom. The Kier molecular flexibility index (Phi) is 11.0. The molecule has 7 heteroatoms. The molecule has 1 aliphatic rings. The first-order valence-electron chi connectivity index (χ1n) is 11.1. The van der Waals surface area contributed by atoms with E-state index in [-0.39, 0.29) is 36.4 Å². The first-order chi connectivity index (χ1) is 15.0. The highest BCUT2D eigenvalue weighted by Crippen LogP contribution is 2.20. The number of halogens is 1. The lowest BCUT2D eigenvalue weighted by molar-refractivity contribution is -0.127. The molecule has 1 fully saturated rings. The molecule has 3 rings (SSSR count). The van der Waals surface area contributed by atoms with E-state index in [9.17, 15) is 4.79 Å². The second-order valence-electron chi connectivity index (χ2n) is 8.46. The smallest absolute Gasteiger partial charge is 0.241 e. The van der Waals surface area contributed by atoms with Crippen LogP contribution in [0.25, 0.3) is 0 Å². The second-order valence-corrected chi connectivity index (χ2v) is 8.46. The molecule has 0 radical (unpaired) electrons. The molecule has 1 saturated heterocycles. The third-order valence-corrected chi connectivity index (χ3v) is 5.75. The molecule has 32 heavy (non-hydrogen) atoms. The van der Waals surface area contributed by atoms with Gasteiger partial charge in [-0.3, -0.25) is 9.69 Å². The van der Waals surface area contributed by atoms with Crippen LogP contribution in [0.2, 0.25) is 0 Å². The van der Waals surface area contributed by atoms with Gasteiger partial charge in [-0.2, -0.15) is 0 Å². The normalized spacial score (nSPS) is 19.0. The zero-order valence-electron chi connectivity index (χ0n) is 19.3. The van der Waals surface area contributed by atoms with Gasteiger partial charge in [0.25, 0.3) is 0 Å². The molecule has 6 nitrogen and oxygen atoms in total. The summed E-state index contributed by atoms with van der Waals surface area (Å²) < 4.78 is 0. The van der Waals surface area contributed by atoms with Gasteiger partial charge >= 0.3 is 0 Å². The fraction of sp³-hybridized carbons (Fsp3) is 0.440. The van der Waals surface area contributed by atoms with Crippen LogP contribution < -0.4 is 10.6 Å². The Hall–Kier alpha value is -2.13. The van der Waals surface area contributed by atoms with Gasteiger partial charge in [-0.05, 0) is 30.9 Å². The van der Waals surface area contributed by atoms with Crippen molar-refractivity contribution in [2.24, 2.45) is 4.99 Å². The lowest BCUT2D eigenvalue weighted by Crippen LogP contribution is -2.52. The van der Waals surface area contributed by atoms with Gasteiger partial charge in [0, 0.05) is 39.3 Å². The fourth-order valence-corrected chi connectivity index (χ4v) is 3.82. The van der Waals surface area contributed by atoms with Crippen LogP contribution in [0.4, 0.5) is 0 Å². The number of likely N-dealkylation sites (N-methyl/N-ethyl adjacent to an activating group) is 1. The topological polar surface area (TPSA) is 60.0 Å². The van der Waals surface area contributed by atoms with E-state index in [1.165, 1.54) is 5.56 Å². The van der Waals surface area contributed by atoms with Gasteiger partial charge in [-0.1, -0.05) is 60.7 Å². The number of carbonyl (C=O) groups excluding carboxylic acids is 1. The number of hydrogen-bond acceptors (Lipinski definition) is 3. The molecule has 2 aromatic rings. The Bertz CT molecular complexity index is 844. The summed E-state index contributed by atoms with van der Waals surface area (Å²) >= 11 is 0. The van der Waals surface area contributed by atoms with Crippen molar-refractivity contribution in [3.63, 3.8) is 0 Å². The number of carbonyl (C=O) groups is 1. The number of piperidine rings is 1. The first kappa shape index (κ1) is 26.1. The van der Waals surface area contributed by atoms with E-state index >= 15 is 0 Å². The minimum atomic E-state index is 0. The molecule has 0 bridgehead atoms. The van der Waals surface area contributed by atoms with Crippen molar-refractivity contribution in [2.45, 2.75) is 44.9 Å². The number of amides is 1. The number of hydrogen-bond donors (Lipinski definition) is 2. The Labute approximate surface area is 209 Å². The minimum absolute atomic E-state index is 0. The lowest BCUT2D eigenvalue weighted by atomic mass is 9.97. The summed E-state index contributed by atoms with van der Waals surface area (Å²) in [5, 5.41) is 6.80. The largest absolute Gasteiger partial charge is 0.354 e. The average molecular weight is 550 g/mol. The number of benzene rings is 2. The maximum atomic E-state index is 12.1. The number of nitrogens with one attached hydrogen (secondary N) is 2. The van der Waals surface area contributed by atoms with E-state index in [0.717, 1.165) is 31.5 Å². The third kappa shape index (κ3) is 8.43. The van der Waals surface area contributed by atoms with E-state index in [4.69, 9.17) is 4.99 Å². The highest BCUT2D eigenvalue weighted by molar-refractivity contribution is 14.0. The molecular weight excluding hydrogens is 513 g/mol. The van der Waals surface area contributed by atoms with Crippen molar-refractivity contribution in [1.29, 1.82) is 0 Å². The van der Waals surface area contributed by atoms with Crippen molar-refractivity contribution in [3.05, 3.63) is 71.8 Å². The number of nitrogens with zero attached hydrogens (tertiary/aromatic N) is 3. The van der Waals surface area contributed by atoms with Crippen LogP contribution in [-0.2, 0) is 17.9 Å². The van der Waals surface area contributed by atoms with Crippen molar-refractivity contribution >= 4 is 35.8 Å². The van der Waals surface area contributed by atoms with Gasteiger partial charge in [-0.15, -0.1) is 24.0 Å². The summed E-state index contributed by atoms with van der Waals surface area (Å²) in [6.07, 6.45) is 2.09. The number of rotatable bonds is 7. The maximum absolute atomic E-state index is 12.1. The number of likely N-dealkylation sites (tertiary alicyclic amines) is 1. The van der Waals surface area contributed by atoms with Gasteiger partial charge in [0.05, 0.1) is 13.1 Å². The monoisotopic (exact) mass is 549 g/mol. The summed E-state index contributed by atoms with van der Waals surface area (Å²) in [4.78, 5) is 20.9. The van der Waals surface area contributed by atoms with Crippen LogP contribution in [0.1, 0.15) is 30.9 Å². The van der Waals surface area contributed by atoms with Crippen molar-refractivity contribution in [3.8, 4) is 0 Å². The van der Waals surface area contributed by atoms with Crippen LogP contribution in [0.3, 0.4) is 0 Å². The van der Waals surface area contributed by atoms with E-state index in [0.29, 0.717) is 24.6 Å². The minimum Gasteiger partial charge on any atom is -0.354 e. The van der Waals surface area contributed by atoms with Crippen LogP contribution in [0.5, 0.6) is 0 Å². The highest BCUT2D eigenvalue weighted by Gasteiger charge is 2.26. The standard InChI is InChI=1S/C25H35N5O.HI/c1-20-16-23(14-15-30(20)19-22-12-8-5-9-13-22)28-25(27-18-24(31)29(2)3)26-17-21-10-6-4-7-11-21;/h4-13,20,23H,14-19H2,1-3H3,(H2,26,27,28);1H. The SMILES string of the molecule is CC1CC(NC(=NCc2ccccc2)NCC(=O)N(C)C)CCN1Cc1ccccc1.I. The van der Waals surface area contributed by atoms with E-state index in [1.54, 1.807) is 19.0 Å². The van der Waals surface area contributed by atoms with Gasteiger partial charge in [0.2, 0.25) is 5.91 Å². The van der Waals surface area contributed by atoms with Crippen molar-refractivity contribution in [2.75, 3.05) is 27.2 Å². The Morgan fingerprint density at radius 2 is 1.69 bits per heavy atom. The highest BCUT2D eigenvalue weighted by atomic mass is 127. The van der Waals surface area contributed by atoms with Crippen LogP contribution in [-0.4, -0.2) is 60.9 Å². The second kappa shape index (κ2) is 13.4. The van der Waals surface area contributed by atoms with E-state index in [2.05, 4.69) is 64.9 Å². The zero-order chi connectivity index (χ0) is 22.1. The van der Waals surface area contributed by atoms with Crippen LogP contribution in [0.15, 0.2) is 65.7 Å². The molecule has 1 amide bonds. The quantitative estimate of drug-likeness (QED) is 0.316. The molecule has 1 aliphatic heterocycles. The third-order valence-electron chi connectivity index (χ3n) is 5.75. The molecule has 0 aliphatic carbocycles. The lowest BCUT2D eigenvalue weighted by Gasteiger charge is -2.38. The summed E-state index contributed by atoms with van der Waals surface area (Å²) in [6, 6.07) is 21.6. The predicted octanol–water partition coefficient (Wildman–Crippen LogP) is 3.48. The Balaban J connectivity index is 0.00000363. The van der Waals surface area contributed by atoms with E-state index in [1.807, 2.05) is 18.2 Å². The maximum Gasteiger partial charge on any atom is 0.241 e. The summed E-state index contributed by atoms with van der Waals surface area (Å²) in [7, 11) is 3.53. The molecule has 1 heterocycles. The van der Waals surface area contributed by atoms with Gasteiger partial charge in [-0.25, -0.2) is 4.99 Å². The van der Waals surface area contributed by atoms with Crippen LogP contribution in [0, 0.1) is 0 Å². The van der Waals surface area contributed by atoms with Crippen molar-refractivity contribution < 1.29 is 4.79 Å². The molecule has 2 unspecified atom stereocenters. The summed E-state index contributed by atoms with van der Waals surface area (Å²) in [6.45, 7) is 5.13. The fourth-order valence-electron chi connectivity index (χ4n) is 3.82. The molecule has 2 N–H and O–H groups in total. The zero-order valence-corrected chi connectivity index (χ0v) is 21.7. The molecular formula is C25H36IN5O. The average Bonchev–Trinajstić information content (AvgIpc) is 2.78. The predicted molar refractivity (Wildman–Crippen MR) is 142 cm³/mol. The van der Waals surface area contributed by atoms with Gasteiger partial charge < -0.3 is 15.5 Å². The molecule has 2 aromatic carbocycles. The van der Waals surface area contributed by atoms with E-state index < -0.39 is 0 Å². The Morgan fingerprint density at radius 1 is 1.06 bits per heavy atom. The van der Waals surface area contributed by atoms with Gasteiger partial charge in [0.1, 0.15) is 0 Å². The summed E-state index contributed by atoms with van der Waals surface area (Å²) in [5.41, 5.74) is 2.50. The first-order valence-corrected chi connectivity index (χ1v) is 11.1. The van der Waals surface area contributed by atoms with Crippen molar-refractivity contribution in [1.82, 2.24) is 20.4 Å². The number of guanidine groups is 1. The molecule has 0 aromatic heterocycles. The summed E-state index contributed by atoms with van der Waals surface area (Å²) in [5.74, 6) is 0.730. The molecule has 174 valence electrons. The molecule has 0 spiro atoms. The van der Waals surface area contributed by atoms with Crippen LogP contribution >= 0.6 is 24.0 Å². The molecule has 2 atom stereocenters. The van der Waals surface area contributed by atoms with Gasteiger partial charge in [0.15, 0.2) is 5.96 Å². The number of aliphatic imine (C=N–C) groups is 1.